The number of rotatable bonds is 5. The normalized spacial score (nSPS) is 26.5. The summed E-state index contributed by atoms with van der Waals surface area (Å²) in [6.45, 7) is 3.31. The molecule has 1 aliphatic heterocycles. The topological polar surface area (TPSA) is 39.1 Å². The van der Waals surface area contributed by atoms with E-state index in [4.69, 9.17) is 5.26 Å². The summed E-state index contributed by atoms with van der Waals surface area (Å²) in [6.07, 6.45) is 7.39. The molecule has 2 rings (SSSR count). The fourth-order valence-corrected chi connectivity index (χ4v) is 2.42. The van der Waals surface area contributed by atoms with E-state index in [0.717, 1.165) is 19.1 Å². The summed E-state index contributed by atoms with van der Waals surface area (Å²) < 4.78 is 0. The molecule has 1 heterocycles. The molecule has 1 N–H and O–H groups in total. The fourth-order valence-electron chi connectivity index (χ4n) is 2.42. The molecular formula is C12H21N3. The van der Waals surface area contributed by atoms with Crippen LogP contribution in [0.3, 0.4) is 0 Å². The van der Waals surface area contributed by atoms with Crippen LogP contribution in [0.5, 0.6) is 0 Å². The first kappa shape index (κ1) is 10.9. The Hall–Kier alpha value is -0.590. The predicted molar refractivity (Wildman–Crippen MR) is 60.5 cm³/mol. The Morgan fingerprint density at radius 3 is 2.73 bits per heavy atom. The molecule has 1 atom stereocenters. The van der Waals surface area contributed by atoms with Crippen molar-refractivity contribution in [3.63, 3.8) is 0 Å². The molecule has 0 amide bonds. The van der Waals surface area contributed by atoms with E-state index < -0.39 is 0 Å². The van der Waals surface area contributed by atoms with Gasteiger partial charge in [-0.3, -0.25) is 4.90 Å². The van der Waals surface area contributed by atoms with Crippen LogP contribution in [-0.2, 0) is 0 Å². The molecule has 0 radical (unpaired) electrons. The Morgan fingerprint density at radius 1 is 1.27 bits per heavy atom. The van der Waals surface area contributed by atoms with Gasteiger partial charge in [-0.05, 0) is 32.2 Å². The number of hydrogen-bond acceptors (Lipinski definition) is 3. The Kier molecular flexibility index (Phi) is 3.99. The average molecular weight is 207 g/mol. The zero-order chi connectivity index (χ0) is 10.5. The number of nitriles is 1. The molecule has 3 heteroatoms. The van der Waals surface area contributed by atoms with Crippen molar-refractivity contribution in [3.8, 4) is 6.07 Å². The summed E-state index contributed by atoms with van der Waals surface area (Å²) in [7, 11) is 0. The Bertz CT molecular complexity index is 224. The van der Waals surface area contributed by atoms with E-state index in [1.54, 1.807) is 0 Å². The Morgan fingerprint density at radius 2 is 2.13 bits per heavy atom. The van der Waals surface area contributed by atoms with Gasteiger partial charge in [0.05, 0.1) is 6.07 Å². The van der Waals surface area contributed by atoms with Gasteiger partial charge < -0.3 is 5.32 Å². The average Bonchev–Trinajstić information content (AvgIpc) is 3.09. The highest BCUT2D eigenvalue weighted by atomic mass is 15.2. The van der Waals surface area contributed by atoms with E-state index in [1.165, 1.54) is 38.6 Å². The summed E-state index contributed by atoms with van der Waals surface area (Å²) in [4.78, 5) is 2.52. The van der Waals surface area contributed by atoms with Gasteiger partial charge in [-0.1, -0.05) is 6.42 Å². The van der Waals surface area contributed by atoms with Crippen molar-refractivity contribution >= 4 is 0 Å². The summed E-state index contributed by atoms with van der Waals surface area (Å²) in [6, 6.07) is 3.73. The van der Waals surface area contributed by atoms with Gasteiger partial charge in [0.25, 0.3) is 0 Å². The van der Waals surface area contributed by atoms with E-state index in [0.29, 0.717) is 12.5 Å². The van der Waals surface area contributed by atoms with Crippen LogP contribution in [-0.4, -0.2) is 36.6 Å². The second-order valence-corrected chi connectivity index (χ2v) is 4.78. The molecule has 1 saturated carbocycles. The lowest BCUT2D eigenvalue weighted by Gasteiger charge is -2.30. The van der Waals surface area contributed by atoms with E-state index >= 15 is 0 Å². The fraction of sp³-hybridized carbons (Fsp3) is 0.917. The largest absolute Gasteiger partial charge is 0.313 e. The first-order valence-corrected chi connectivity index (χ1v) is 6.24. The molecule has 0 aromatic carbocycles. The second-order valence-electron chi connectivity index (χ2n) is 4.78. The number of hydrogen-bond donors (Lipinski definition) is 1. The highest BCUT2D eigenvalue weighted by molar-refractivity contribution is 4.89. The van der Waals surface area contributed by atoms with Crippen molar-refractivity contribution in [1.82, 2.24) is 10.2 Å². The predicted octanol–water partition coefficient (Wildman–Crippen LogP) is 1.51. The summed E-state index contributed by atoms with van der Waals surface area (Å²) in [5.74, 6) is 0. The molecule has 2 aliphatic rings. The highest BCUT2D eigenvalue weighted by Gasteiger charge is 2.30. The second kappa shape index (κ2) is 5.48. The minimum Gasteiger partial charge on any atom is -0.313 e. The van der Waals surface area contributed by atoms with Crippen molar-refractivity contribution in [2.75, 3.05) is 19.6 Å². The summed E-state index contributed by atoms with van der Waals surface area (Å²) in [5, 5.41) is 12.2. The zero-order valence-corrected chi connectivity index (χ0v) is 9.41. The van der Waals surface area contributed by atoms with Gasteiger partial charge in [0, 0.05) is 31.6 Å². The van der Waals surface area contributed by atoms with Crippen LogP contribution in [0.4, 0.5) is 0 Å². The number of nitrogens with zero attached hydrogens (tertiary/aromatic N) is 2. The monoisotopic (exact) mass is 207 g/mol. The number of nitrogens with one attached hydrogen (secondary N) is 1. The van der Waals surface area contributed by atoms with Gasteiger partial charge in [-0.25, -0.2) is 0 Å². The summed E-state index contributed by atoms with van der Waals surface area (Å²) >= 11 is 0. The Balaban J connectivity index is 1.74. The molecule has 1 aliphatic carbocycles. The lowest BCUT2D eigenvalue weighted by atomic mass is 10.0. The standard InChI is InChI=1S/C12H21N3/c13-7-3-9-15(12-5-6-12)10-11-4-1-2-8-14-11/h11-12,14H,1-6,8-10H2. The van der Waals surface area contributed by atoms with Crippen LogP contribution in [0.2, 0.25) is 0 Å². The maximum atomic E-state index is 8.63. The molecule has 1 saturated heterocycles. The van der Waals surface area contributed by atoms with Gasteiger partial charge >= 0.3 is 0 Å². The van der Waals surface area contributed by atoms with Crippen LogP contribution in [0.15, 0.2) is 0 Å². The first-order chi connectivity index (χ1) is 7.40. The quantitative estimate of drug-likeness (QED) is 0.742. The summed E-state index contributed by atoms with van der Waals surface area (Å²) in [5.41, 5.74) is 0. The van der Waals surface area contributed by atoms with Crippen molar-refractivity contribution in [2.45, 2.75) is 50.6 Å². The van der Waals surface area contributed by atoms with Crippen molar-refractivity contribution in [2.24, 2.45) is 0 Å². The lowest BCUT2D eigenvalue weighted by Crippen LogP contribution is -2.44. The van der Waals surface area contributed by atoms with Crippen LogP contribution < -0.4 is 5.32 Å². The molecule has 84 valence electrons. The van der Waals surface area contributed by atoms with Crippen LogP contribution in [0.1, 0.15) is 38.5 Å². The first-order valence-electron chi connectivity index (χ1n) is 6.24. The molecule has 0 aromatic heterocycles. The third kappa shape index (κ3) is 3.48. The molecular weight excluding hydrogens is 186 g/mol. The van der Waals surface area contributed by atoms with Crippen LogP contribution in [0, 0.1) is 11.3 Å². The van der Waals surface area contributed by atoms with E-state index in [2.05, 4.69) is 16.3 Å². The third-order valence-corrected chi connectivity index (χ3v) is 3.44. The van der Waals surface area contributed by atoms with Crippen molar-refractivity contribution in [3.05, 3.63) is 0 Å². The lowest BCUT2D eigenvalue weighted by molar-refractivity contribution is 0.219. The molecule has 0 bridgehead atoms. The van der Waals surface area contributed by atoms with Crippen LogP contribution >= 0.6 is 0 Å². The molecule has 1 unspecified atom stereocenters. The van der Waals surface area contributed by atoms with Crippen molar-refractivity contribution in [1.29, 1.82) is 5.26 Å². The Labute approximate surface area is 92.4 Å². The van der Waals surface area contributed by atoms with Gasteiger partial charge in [-0.15, -0.1) is 0 Å². The zero-order valence-electron chi connectivity index (χ0n) is 9.41. The number of piperidine rings is 1. The van der Waals surface area contributed by atoms with Gasteiger partial charge in [0.1, 0.15) is 0 Å². The molecule has 2 fully saturated rings. The van der Waals surface area contributed by atoms with E-state index in [9.17, 15) is 0 Å². The smallest absolute Gasteiger partial charge is 0.0635 e. The van der Waals surface area contributed by atoms with Gasteiger partial charge in [0.15, 0.2) is 0 Å². The van der Waals surface area contributed by atoms with Gasteiger partial charge in [0.2, 0.25) is 0 Å². The maximum Gasteiger partial charge on any atom is 0.0635 e. The third-order valence-electron chi connectivity index (χ3n) is 3.44. The van der Waals surface area contributed by atoms with E-state index in [1.807, 2.05) is 0 Å². The minimum absolute atomic E-state index is 0.679. The minimum atomic E-state index is 0.679. The van der Waals surface area contributed by atoms with Gasteiger partial charge in [-0.2, -0.15) is 5.26 Å². The van der Waals surface area contributed by atoms with Crippen LogP contribution in [0.25, 0.3) is 0 Å². The molecule has 15 heavy (non-hydrogen) atoms. The van der Waals surface area contributed by atoms with E-state index in [-0.39, 0.29) is 0 Å². The van der Waals surface area contributed by atoms with Crippen molar-refractivity contribution < 1.29 is 0 Å². The molecule has 3 nitrogen and oxygen atoms in total. The SMILES string of the molecule is N#CCCN(CC1CCCCN1)C1CC1. The molecule has 0 spiro atoms. The molecule has 0 aromatic rings. The maximum absolute atomic E-state index is 8.63. The highest BCUT2D eigenvalue weighted by Crippen LogP contribution is 2.27.